The molecule has 3 aliphatic carbocycles. The average molecular weight is 443 g/mol. The number of aromatic nitrogens is 2. The molecule has 3 aromatic rings. The van der Waals surface area contributed by atoms with E-state index in [1.54, 1.807) is 18.5 Å². The Labute approximate surface area is 182 Å². The maximum atomic E-state index is 13.4. The summed E-state index contributed by atoms with van der Waals surface area (Å²) in [5.41, 5.74) is 1.73. The number of ether oxygens (including phenoxy) is 1. The van der Waals surface area contributed by atoms with Gasteiger partial charge in [0, 0.05) is 29.8 Å². The van der Waals surface area contributed by atoms with Gasteiger partial charge in [-0.05, 0) is 49.6 Å². The zero-order valence-corrected chi connectivity index (χ0v) is 17.5. The zero-order valence-electron chi connectivity index (χ0n) is 16.7. The highest BCUT2D eigenvalue weighted by Gasteiger charge is 2.69. The van der Waals surface area contributed by atoms with Crippen LogP contribution in [0, 0.1) is 5.82 Å². The largest absolute Gasteiger partial charge is 0.484 e. The van der Waals surface area contributed by atoms with Crippen LogP contribution in [0.3, 0.4) is 0 Å². The van der Waals surface area contributed by atoms with Gasteiger partial charge in [-0.15, -0.1) is 0 Å². The molecule has 0 radical (unpaired) electrons. The van der Waals surface area contributed by atoms with Crippen LogP contribution in [-0.4, -0.2) is 39.1 Å². The van der Waals surface area contributed by atoms with Gasteiger partial charge in [-0.1, -0.05) is 11.6 Å². The number of fused-ring (bicyclic) bond motifs is 1. The molecule has 0 aliphatic heterocycles. The average Bonchev–Trinajstić information content (AvgIpc) is 3.06. The number of hydrogen-bond donors (Lipinski definition) is 2. The van der Waals surface area contributed by atoms with E-state index in [1.165, 1.54) is 12.1 Å². The van der Waals surface area contributed by atoms with E-state index < -0.39 is 5.82 Å². The van der Waals surface area contributed by atoms with E-state index in [1.807, 2.05) is 17.7 Å². The van der Waals surface area contributed by atoms with Crippen molar-refractivity contribution in [3.63, 3.8) is 0 Å². The summed E-state index contributed by atoms with van der Waals surface area (Å²) >= 11 is 5.63. The molecule has 31 heavy (non-hydrogen) atoms. The van der Waals surface area contributed by atoms with E-state index in [0.29, 0.717) is 24.8 Å². The smallest absolute Gasteiger partial charge is 0.258 e. The van der Waals surface area contributed by atoms with Crippen molar-refractivity contribution >= 4 is 34.4 Å². The lowest BCUT2D eigenvalue weighted by atomic mass is 9.44. The van der Waals surface area contributed by atoms with Crippen molar-refractivity contribution in [2.75, 3.05) is 6.61 Å². The Morgan fingerprint density at radius 3 is 2.65 bits per heavy atom. The van der Waals surface area contributed by atoms with Gasteiger partial charge in [-0.3, -0.25) is 9.59 Å². The number of carbonyl (C=O) groups excluding carboxylic acids is 2. The second-order valence-electron chi connectivity index (χ2n) is 8.52. The van der Waals surface area contributed by atoms with Crippen LogP contribution in [0.25, 0.3) is 11.0 Å². The van der Waals surface area contributed by atoms with Gasteiger partial charge in [0.05, 0.1) is 22.4 Å². The number of amides is 2. The second-order valence-corrected chi connectivity index (χ2v) is 8.92. The maximum absolute atomic E-state index is 13.4. The lowest BCUT2D eigenvalue weighted by molar-refractivity contribution is -0.141. The molecule has 6 rings (SSSR count). The number of nitrogens with one attached hydrogen (secondary N) is 2. The molecule has 3 aliphatic rings. The standard InChI is InChI=1S/C22H20ClFN4O3/c1-28-12-25-17-6-13(2-5-18(17)28)20(30)27-22-9-21(10-22,11-22)26-19(29)8-31-14-3-4-15(23)16(24)7-14/h2-7,12H,8-11H2,1H3,(H,26,29)(H,27,30). The summed E-state index contributed by atoms with van der Waals surface area (Å²) in [5, 5.41) is 6.07. The fourth-order valence-electron chi connectivity index (χ4n) is 4.69. The highest BCUT2D eigenvalue weighted by Crippen LogP contribution is 2.60. The molecule has 0 atom stereocenters. The number of hydrogen-bond acceptors (Lipinski definition) is 4. The van der Waals surface area contributed by atoms with Gasteiger partial charge >= 0.3 is 0 Å². The topological polar surface area (TPSA) is 85.3 Å². The minimum Gasteiger partial charge on any atom is -0.484 e. The van der Waals surface area contributed by atoms with E-state index in [0.717, 1.165) is 17.1 Å². The van der Waals surface area contributed by atoms with Crippen LogP contribution < -0.4 is 15.4 Å². The van der Waals surface area contributed by atoms with Crippen LogP contribution in [0.5, 0.6) is 5.75 Å². The Hall–Kier alpha value is -3.13. The Morgan fingerprint density at radius 2 is 1.90 bits per heavy atom. The summed E-state index contributed by atoms with van der Waals surface area (Å²) in [7, 11) is 1.91. The van der Waals surface area contributed by atoms with Crippen molar-refractivity contribution in [2.45, 2.75) is 30.3 Å². The molecule has 0 unspecified atom stereocenters. The second kappa shape index (κ2) is 6.95. The van der Waals surface area contributed by atoms with Gasteiger partial charge in [0.15, 0.2) is 6.61 Å². The van der Waals surface area contributed by atoms with Crippen LogP contribution in [0.15, 0.2) is 42.7 Å². The Morgan fingerprint density at radius 1 is 1.16 bits per heavy atom. The van der Waals surface area contributed by atoms with Crippen LogP contribution >= 0.6 is 11.6 Å². The molecule has 0 saturated heterocycles. The molecule has 0 spiro atoms. The van der Waals surface area contributed by atoms with E-state index in [-0.39, 0.29) is 40.3 Å². The van der Waals surface area contributed by atoms with Crippen molar-refractivity contribution in [1.82, 2.24) is 20.2 Å². The minimum absolute atomic E-state index is 0.00188. The molecular formula is C22H20ClFN4O3. The predicted octanol–water partition coefficient (Wildman–Crippen LogP) is 2.97. The lowest BCUT2D eigenvalue weighted by Gasteiger charge is -2.70. The number of nitrogens with zero attached hydrogens (tertiary/aromatic N) is 2. The number of carbonyl (C=O) groups is 2. The first-order valence-corrected chi connectivity index (χ1v) is 10.3. The summed E-state index contributed by atoms with van der Waals surface area (Å²) in [5.74, 6) is -0.780. The first-order valence-electron chi connectivity index (χ1n) is 9.89. The van der Waals surface area contributed by atoms with Crippen molar-refractivity contribution < 1.29 is 18.7 Å². The molecule has 1 aromatic heterocycles. The molecule has 2 amide bonds. The van der Waals surface area contributed by atoms with E-state index in [2.05, 4.69) is 15.6 Å². The summed E-state index contributed by atoms with van der Waals surface area (Å²) in [6.07, 6.45) is 3.75. The highest BCUT2D eigenvalue weighted by atomic mass is 35.5. The number of aryl methyl sites for hydroxylation is 1. The van der Waals surface area contributed by atoms with E-state index in [4.69, 9.17) is 16.3 Å². The number of imidazole rings is 1. The monoisotopic (exact) mass is 442 g/mol. The SMILES string of the molecule is Cn1cnc2cc(C(=O)NC34CC(NC(=O)COc5ccc(Cl)c(F)c5)(C3)C4)ccc21. The van der Waals surface area contributed by atoms with Gasteiger partial charge in [-0.25, -0.2) is 9.37 Å². The summed E-state index contributed by atoms with van der Waals surface area (Å²) in [6, 6.07) is 9.48. The third-order valence-electron chi connectivity index (χ3n) is 6.06. The molecule has 3 saturated carbocycles. The van der Waals surface area contributed by atoms with E-state index >= 15 is 0 Å². The fraction of sp³-hybridized carbons (Fsp3) is 0.318. The predicted molar refractivity (Wildman–Crippen MR) is 113 cm³/mol. The first kappa shape index (κ1) is 19.8. The Kier molecular flexibility index (Phi) is 4.44. The summed E-state index contributed by atoms with van der Waals surface area (Å²) < 4.78 is 20.7. The molecule has 160 valence electrons. The molecule has 9 heteroatoms. The third kappa shape index (κ3) is 3.50. The van der Waals surface area contributed by atoms with Crippen LogP contribution in [0.1, 0.15) is 29.6 Å². The normalized spacial score (nSPS) is 23.6. The molecule has 2 bridgehead atoms. The first-order chi connectivity index (χ1) is 14.8. The van der Waals surface area contributed by atoms with Gasteiger partial charge < -0.3 is 19.9 Å². The molecule has 7 nitrogen and oxygen atoms in total. The molecule has 2 N–H and O–H groups in total. The van der Waals surface area contributed by atoms with Crippen LogP contribution in [-0.2, 0) is 11.8 Å². The van der Waals surface area contributed by atoms with Crippen LogP contribution in [0.2, 0.25) is 5.02 Å². The van der Waals surface area contributed by atoms with Crippen molar-refractivity contribution in [3.8, 4) is 5.75 Å². The zero-order chi connectivity index (χ0) is 21.8. The van der Waals surface area contributed by atoms with Crippen molar-refractivity contribution in [3.05, 3.63) is 59.1 Å². The molecule has 2 aromatic carbocycles. The molecule has 3 fully saturated rings. The van der Waals surface area contributed by atoms with Crippen molar-refractivity contribution in [2.24, 2.45) is 7.05 Å². The van der Waals surface area contributed by atoms with E-state index in [9.17, 15) is 14.0 Å². The van der Waals surface area contributed by atoms with Gasteiger partial charge in [0.1, 0.15) is 11.6 Å². The number of rotatable bonds is 6. The highest BCUT2D eigenvalue weighted by molar-refractivity contribution is 6.30. The third-order valence-corrected chi connectivity index (χ3v) is 6.37. The quantitative estimate of drug-likeness (QED) is 0.614. The number of benzene rings is 2. The van der Waals surface area contributed by atoms with Crippen molar-refractivity contribution in [1.29, 1.82) is 0 Å². The maximum Gasteiger partial charge on any atom is 0.258 e. The number of halogens is 2. The summed E-state index contributed by atoms with van der Waals surface area (Å²) in [4.78, 5) is 29.2. The summed E-state index contributed by atoms with van der Waals surface area (Å²) in [6.45, 7) is -0.216. The van der Waals surface area contributed by atoms with Gasteiger partial charge in [0.2, 0.25) is 0 Å². The van der Waals surface area contributed by atoms with Crippen LogP contribution in [0.4, 0.5) is 4.39 Å². The minimum atomic E-state index is -0.598. The Balaban J connectivity index is 1.12. The molecule has 1 heterocycles. The van der Waals surface area contributed by atoms with Gasteiger partial charge in [-0.2, -0.15) is 0 Å². The Bertz CT molecular complexity index is 1200. The fourth-order valence-corrected chi connectivity index (χ4v) is 4.81. The molecular weight excluding hydrogens is 423 g/mol. The van der Waals surface area contributed by atoms with Gasteiger partial charge in [0.25, 0.3) is 11.8 Å². The lowest BCUT2D eigenvalue weighted by Crippen LogP contribution is -2.84.